The Balaban J connectivity index is 3.27. The van der Waals surface area contributed by atoms with E-state index in [4.69, 9.17) is 0 Å². The van der Waals surface area contributed by atoms with Crippen LogP contribution in [0.25, 0.3) is 0 Å². The van der Waals surface area contributed by atoms with Crippen LogP contribution in [0.4, 0.5) is 8.78 Å². The molecule has 0 unspecified atom stereocenters. The van der Waals surface area contributed by atoms with Gasteiger partial charge < -0.3 is 4.74 Å². The molecular weight excluding hydrogens is 270 g/mol. The van der Waals surface area contributed by atoms with E-state index >= 15 is 0 Å². The Bertz CT molecular complexity index is 391. The average molecular weight is 279 g/mol. The van der Waals surface area contributed by atoms with E-state index in [-0.39, 0.29) is 17.1 Å². The number of hydrogen-bond acceptors (Lipinski definition) is 2. The van der Waals surface area contributed by atoms with Crippen LogP contribution in [-0.4, -0.2) is 12.4 Å². The second-order valence-corrected chi connectivity index (χ2v) is 3.95. The Kier molecular flexibility index (Phi) is 3.79. The standard InChI is InChI=1S/C10H9BrF2O2/c1-5-3-7(11)4-8(15-10(12)13)9(5)6(2)14/h3-4,10H,1-2H3. The number of rotatable bonds is 3. The highest BCUT2D eigenvalue weighted by Gasteiger charge is 2.16. The topological polar surface area (TPSA) is 26.3 Å². The molecule has 1 aromatic carbocycles. The number of benzene rings is 1. The van der Waals surface area contributed by atoms with E-state index in [1.54, 1.807) is 13.0 Å². The number of alkyl halides is 2. The first-order chi connectivity index (χ1) is 6.91. The molecule has 1 rings (SSSR count). The Morgan fingerprint density at radius 2 is 2.07 bits per heavy atom. The van der Waals surface area contributed by atoms with E-state index < -0.39 is 6.61 Å². The van der Waals surface area contributed by atoms with Crippen molar-refractivity contribution in [3.63, 3.8) is 0 Å². The molecule has 0 bridgehead atoms. The third-order valence-electron chi connectivity index (χ3n) is 1.83. The maximum Gasteiger partial charge on any atom is 0.387 e. The zero-order valence-corrected chi connectivity index (χ0v) is 9.77. The van der Waals surface area contributed by atoms with Gasteiger partial charge in [0, 0.05) is 4.47 Å². The number of Topliss-reactive ketones (excluding diaryl/α,β-unsaturated/α-hetero) is 1. The van der Waals surface area contributed by atoms with Crippen molar-refractivity contribution in [2.24, 2.45) is 0 Å². The molecular formula is C10H9BrF2O2. The summed E-state index contributed by atoms with van der Waals surface area (Å²) in [6.45, 7) is 0.0470. The lowest BCUT2D eigenvalue weighted by Crippen LogP contribution is -2.08. The predicted molar refractivity (Wildman–Crippen MR) is 55.5 cm³/mol. The van der Waals surface area contributed by atoms with Crippen molar-refractivity contribution in [2.75, 3.05) is 0 Å². The summed E-state index contributed by atoms with van der Waals surface area (Å²) in [4.78, 5) is 11.2. The van der Waals surface area contributed by atoms with Gasteiger partial charge in [0.25, 0.3) is 0 Å². The molecule has 0 spiro atoms. The summed E-state index contributed by atoms with van der Waals surface area (Å²) in [5, 5.41) is 0. The first-order valence-electron chi connectivity index (χ1n) is 4.17. The van der Waals surface area contributed by atoms with Crippen LogP contribution in [0.3, 0.4) is 0 Å². The molecule has 82 valence electrons. The van der Waals surface area contributed by atoms with Crippen LogP contribution < -0.4 is 4.74 Å². The maximum atomic E-state index is 12.1. The van der Waals surface area contributed by atoms with Crippen molar-refractivity contribution >= 4 is 21.7 Å². The number of aryl methyl sites for hydroxylation is 1. The first kappa shape index (κ1) is 12.1. The van der Waals surface area contributed by atoms with Gasteiger partial charge in [-0.3, -0.25) is 4.79 Å². The minimum Gasteiger partial charge on any atom is -0.434 e. The summed E-state index contributed by atoms with van der Waals surface area (Å²) in [7, 11) is 0. The molecule has 0 heterocycles. The Morgan fingerprint density at radius 3 is 2.53 bits per heavy atom. The number of halogens is 3. The molecule has 0 radical (unpaired) electrons. The molecule has 0 aliphatic carbocycles. The van der Waals surface area contributed by atoms with Gasteiger partial charge in [0.15, 0.2) is 5.78 Å². The van der Waals surface area contributed by atoms with Crippen molar-refractivity contribution in [3.05, 3.63) is 27.7 Å². The fraction of sp³-hybridized carbons (Fsp3) is 0.300. The Morgan fingerprint density at radius 1 is 1.47 bits per heavy atom. The molecule has 0 N–H and O–H groups in total. The second-order valence-electron chi connectivity index (χ2n) is 3.03. The van der Waals surface area contributed by atoms with Gasteiger partial charge in [0.05, 0.1) is 5.56 Å². The number of hydrogen-bond donors (Lipinski definition) is 0. The zero-order chi connectivity index (χ0) is 11.6. The molecule has 2 nitrogen and oxygen atoms in total. The highest BCUT2D eigenvalue weighted by Crippen LogP contribution is 2.29. The van der Waals surface area contributed by atoms with E-state index in [1.165, 1.54) is 13.0 Å². The lowest BCUT2D eigenvalue weighted by molar-refractivity contribution is -0.0501. The van der Waals surface area contributed by atoms with E-state index in [2.05, 4.69) is 20.7 Å². The van der Waals surface area contributed by atoms with E-state index in [9.17, 15) is 13.6 Å². The van der Waals surface area contributed by atoms with Crippen LogP contribution in [0.2, 0.25) is 0 Å². The summed E-state index contributed by atoms with van der Waals surface area (Å²) < 4.78 is 29.0. The van der Waals surface area contributed by atoms with E-state index in [0.29, 0.717) is 10.0 Å². The minimum absolute atomic E-state index is 0.0932. The van der Waals surface area contributed by atoms with Gasteiger partial charge in [-0.15, -0.1) is 0 Å². The minimum atomic E-state index is -2.93. The summed E-state index contributed by atoms with van der Waals surface area (Å²) in [6.07, 6.45) is 0. The van der Waals surface area contributed by atoms with Crippen molar-refractivity contribution in [1.29, 1.82) is 0 Å². The molecule has 0 amide bonds. The van der Waals surface area contributed by atoms with E-state index in [0.717, 1.165) is 0 Å². The molecule has 0 saturated carbocycles. The van der Waals surface area contributed by atoms with Crippen molar-refractivity contribution in [2.45, 2.75) is 20.5 Å². The summed E-state index contributed by atoms with van der Waals surface area (Å²) in [5.74, 6) is -0.389. The average Bonchev–Trinajstić information content (AvgIpc) is 1.99. The molecule has 0 saturated heterocycles. The fourth-order valence-corrected chi connectivity index (χ4v) is 1.90. The molecule has 0 aliphatic rings. The lowest BCUT2D eigenvalue weighted by atomic mass is 10.0. The van der Waals surface area contributed by atoms with Gasteiger partial charge in [-0.25, -0.2) is 0 Å². The second kappa shape index (κ2) is 4.70. The van der Waals surface area contributed by atoms with Crippen LogP contribution in [0.15, 0.2) is 16.6 Å². The van der Waals surface area contributed by atoms with Gasteiger partial charge in [0.1, 0.15) is 5.75 Å². The zero-order valence-electron chi connectivity index (χ0n) is 8.18. The number of carbonyl (C=O) groups is 1. The molecule has 15 heavy (non-hydrogen) atoms. The van der Waals surface area contributed by atoms with Gasteiger partial charge >= 0.3 is 6.61 Å². The smallest absolute Gasteiger partial charge is 0.387 e. The number of ether oxygens (including phenoxy) is 1. The number of carbonyl (C=O) groups excluding carboxylic acids is 1. The number of ketones is 1. The largest absolute Gasteiger partial charge is 0.434 e. The molecule has 0 aromatic heterocycles. The van der Waals surface area contributed by atoms with E-state index in [1.807, 2.05) is 0 Å². The van der Waals surface area contributed by atoms with Gasteiger partial charge in [-0.05, 0) is 31.5 Å². The summed E-state index contributed by atoms with van der Waals surface area (Å²) in [6, 6.07) is 3.03. The molecule has 0 atom stereocenters. The third-order valence-corrected chi connectivity index (χ3v) is 2.29. The molecule has 1 aromatic rings. The van der Waals surface area contributed by atoms with Gasteiger partial charge in [-0.2, -0.15) is 8.78 Å². The van der Waals surface area contributed by atoms with Crippen molar-refractivity contribution < 1.29 is 18.3 Å². The van der Waals surface area contributed by atoms with Crippen LogP contribution in [-0.2, 0) is 0 Å². The third kappa shape index (κ3) is 2.99. The van der Waals surface area contributed by atoms with Gasteiger partial charge in [-0.1, -0.05) is 15.9 Å². The predicted octanol–water partition coefficient (Wildman–Crippen LogP) is 3.56. The lowest BCUT2D eigenvalue weighted by Gasteiger charge is -2.11. The first-order valence-corrected chi connectivity index (χ1v) is 4.97. The highest BCUT2D eigenvalue weighted by molar-refractivity contribution is 9.10. The Labute approximate surface area is 94.4 Å². The molecule has 0 fully saturated rings. The van der Waals surface area contributed by atoms with Crippen LogP contribution in [0.5, 0.6) is 5.75 Å². The van der Waals surface area contributed by atoms with Crippen LogP contribution in [0, 0.1) is 6.92 Å². The normalized spacial score (nSPS) is 10.5. The van der Waals surface area contributed by atoms with Crippen LogP contribution >= 0.6 is 15.9 Å². The quantitative estimate of drug-likeness (QED) is 0.791. The summed E-state index contributed by atoms with van der Waals surface area (Å²) >= 11 is 3.15. The van der Waals surface area contributed by atoms with Crippen molar-refractivity contribution in [3.8, 4) is 5.75 Å². The Hall–Kier alpha value is -0.970. The SMILES string of the molecule is CC(=O)c1c(C)cc(Br)cc1OC(F)F. The monoisotopic (exact) mass is 278 g/mol. The fourth-order valence-electron chi connectivity index (χ4n) is 1.35. The molecule has 5 heteroatoms. The highest BCUT2D eigenvalue weighted by atomic mass is 79.9. The van der Waals surface area contributed by atoms with Crippen LogP contribution in [0.1, 0.15) is 22.8 Å². The van der Waals surface area contributed by atoms with Gasteiger partial charge in [0.2, 0.25) is 0 Å². The van der Waals surface area contributed by atoms with Crippen molar-refractivity contribution in [1.82, 2.24) is 0 Å². The maximum absolute atomic E-state index is 12.1. The molecule has 0 aliphatic heterocycles. The summed E-state index contributed by atoms with van der Waals surface area (Å²) in [5.41, 5.74) is 0.797.